The molecule has 0 aliphatic carbocycles. The van der Waals surface area contributed by atoms with Crippen molar-refractivity contribution in [2.75, 3.05) is 5.32 Å². The summed E-state index contributed by atoms with van der Waals surface area (Å²) in [4.78, 5) is 16.2. The minimum Gasteiger partial charge on any atom is -0.434 e. The van der Waals surface area contributed by atoms with Crippen molar-refractivity contribution >= 4 is 34.2 Å². The molecule has 4 rings (SSSR count). The molecule has 0 spiro atoms. The fourth-order valence-electron chi connectivity index (χ4n) is 3.69. The molecule has 0 saturated heterocycles. The molecule has 1 amide bonds. The van der Waals surface area contributed by atoms with Crippen molar-refractivity contribution in [2.24, 2.45) is 0 Å². The Morgan fingerprint density at radius 2 is 2.19 bits per heavy atom. The first-order valence-electron chi connectivity index (χ1n) is 8.45. The maximum Gasteiger partial charge on any atom is 0.387 e. The number of nitrogens with zero attached hydrogens (tertiary/aromatic N) is 2. The Bertz CT molecular complexity index is 1040. The highest BCUT2D eigenvalue weighted by atomic mass is 35.5. The van der Waals surface area contributed by atoms with Gasteiger partial charge in [-0.3, -0.25) is 4.79 Å². The highest BCUT2D eigenvalue weighted by Gasteiger charge is 2.32. The number of aromatic nitrogens is 2. The van der Waals surface area contributed by atoms with Gasteiger partial charge in [0.1, 0.15) is 11.6 Å². The van der Waals surface area contributed by atoms with E-state index in [1.165, 1.54) is 13.0 Å². The monoisotopic (exact) mass is 391 g/mol. The first kappa shape index (κ1) is 17.7. The lowest BCUT2D eigenvalue weighted by atomic mass is 10.0. The first-order valence-corrected chi connectivity index (χ1v) is 8.83. The van der Waals surface area contributed by atoms with Gasteiger partial charge in [-0.25, -0.2) is 4.98 Å². The van der Waals surface area contributed by atoms with Crippen LogP contribution in [0.4, 0.5) is 14.5 Å². The van der Waals surface area contributed by atoms with Crippen molar-refractivity contribution in [1.82, 2.24) is 9.55 Å². The lowest BCUT2D eigenvalue weighted by molar-refractivity contribution is -0.114. The summed E-state index contributed by atoms with van der Waals surface area (Å²) in [7, 11) is 0. The van der Waals surface area contributed by atoms with E-state index in [2.05, 4.69) is 10.3 Å². The van der Waals surface area contributed by atoms with Crippen LogP contribution in [0.5, 0.6) is 5.75 Å². The van der Waals surface area contributed by atoms with Gasteiger partial charge in [0, 0.05) is 29.6 Å². The lowest BCUT2D eigenvalue weighted by Gasteiger charge is -2.22. The quantitative estimate of drug-likeness (QED) is 0.696. The smallest absolute Gasteiger partial charge is 0.387 e. The highest BCUT2D eigenvalue weighted by Crippen LogP contribution is 2.43. The van der Waals surface area contributed by atoms with Crippen LogP contribution in [0.1, 0.15) is 30.8 Å². The van der Waals surface area contributed by atoms with Gasteiger partial charge in [0.25, 0.3) is 0 Å². The van der Waals surface area contributed by atoms with E-state index in [1.54, 1.807) is 24.3 Å². The predicted molar refractivity (Wildman–Crippen MR) is 98.6 cm³/mol. The zero-order valence-corrected chi connectivity index (χ0v) is 15.1. The molecule has 0 saturated carbocycles. The SMILES string of the molecule is CC(=O)Nc1cccc(OC(F)F)c1[C@H]1CCc2nc3ccc(Cl)cc3n21. The van der Waals surface area contributed by atoms with Crippen LogP contribution in [-0.2, 0) is 11.2 Å². The van der Waals surface area contributed by atoms with Crippen molar-refractivity contribution in [1.29, 1.82) is 0 Å². The number of halogens is 3. The Kier molecular flexibility index (Phi) is 4.47. The summed E-state index contributed by atoms with van der Waals surface area (Å²) in [6, 6.07) is 9.83. The van der Waals surface area contributed by atoms with E-state index in [0.29, 0.717) is 29.1 Å². The van der Waals surface area contributed by atoms with Gasteiger partial charge in [0.05, 0.1) is 17.1 Å². The Morgan fingerprint density at radius 1 is 1.37 bits per heavy atom. The summed E-state index contributed by atoms with van der Waals surface area (Å²) in [5.74, 6) is 0.595. The van der Waals surface area contributed by atoms with Crippen LogP contribution in [0.2, 0.25) is 5.02 Å². The third kappa shape index (κ3) is 3.23. The molecule has 3 aromatic rings. The summed E-state index contributed by atoms with van der Waals surface area (Å²) in [5.41, 5.74) is 2.56. The average molecular weight is 392 g/mol. The van der Waals surface area contributed by atoms with E-state index < -0.39 is 6.61 Å². The number of aryl methyl sites for hydroxylation is 1. The van der Waals surface area contributed by atoms with E-state index >= 15 is 0 Å². The fourth-order valence-corrected chi connectivity index (χ4v) is 3.86. The van der Waals surface area contributed by atoms with Gasteiger partial charge in [-0.1, -0.05) is 17.7 Å². The van der Waals surface area contributed by atoms with E-state index in [4.69, 9.17) is 16.3 Å². The van der Waals surface area contributed by atoms with Crippen molar-refractivity contribution in [2.45, 2.75) is 32.4 Å². The molecule has 27 heavy (non-hydrogen) atoms. The van der Waals surface area contributed by atoms with Gasteiger partial charge in [0.2, 0.25) is 5.91 Å². The molecule has 1 aromatic heterocycles. The number of anilines is 1. The molecule has 0 unspecified atom stereocenters. The largest absolute Gasteiger partial charge is 0.434 e. The number of fused-ring (bicyclic) bond motifs is 3. The third-order valence-electron chi connectivity index (χ3n) is 4.60. The lowest BCUT2D eigenvalue weighted by Crippen LogP contribution is -2.15. The highest BCUT2D eigenvalue weighted by molar-refractivity contribution is 6.31. The fraction of sp³-hybridized carbons (Fsp3) is 0.263. The van der Waals surface area contributed by atoms with E-state index in [-0.39, 0.29) is 17.7 Å². The molecule has 1 aliphatic heterocycles. The van der Waals surface area contributed by atoms with E-state index in [1.807, 2.05) is 10.6 Å². The number of ether oxygens (including phenoxy) is 1. The summed E-state index contributed by atoms with van der Waals surface area (Å²) in [6.45, 7) is -1.59. The zero-order valence-electron chi connectivity index (χ0n) is 14.4. The summed E-state index contributed by atoms with van der Waals surface area (Å²) < 4.78 is 32.7. The van der Waals surface area contributed by atoms with Gasteiger partial charge < -0.3 is 14.6 Å². The predicted octanol–water partition coefficient (Wildman–Crippen LogP) is 4.79. The van der Waals surface area contributed by atoms with Crippen molar-refractivity contribution < 1.29 is 18.3 Å². The zero-order chi connectivity index (χ0) is 19.1. The standard InChI is InChI=1S/C19H16ClF2N3O2/c1-10(26)23-13-3-2-4-16(27-19(21)22)18(13)14-7-8-17-24-12-6-5-11(20)9-15(12)25(14)17/h2-6,9,14,19H,7-8H2,1H3,(H,23,26)/t14-/m1/s1. The molecule has 0 bridgehead atoms. The van der Waals surface area contributed by atoms with Gasteiger partial charge in [-0.2, -0.15) is 8.78 Å². The molecule has 140 valence electrons. The molecule has 2 heterocycles. The summed E-state index contributed by atoms with van der Waals surface area (Å²) in [6.07, 6.45) is 1.33. The minimum absolute atomic E-state index is 0.0398. The maximum absolute atomic E-state index is 13.0. The second kappa shape index (κ2) is 6.81. The molecular formula is C19H16ClF2N3O2. The molecule has 1 atom stereocenters. The molecule has 0 radical (unpaired) electrons. The Morgan fingerprint density at radius 3 is 2.93 bits per heavy atom. The summed E-state index contributed by atoms with van der Waals surface area (Å²) in [5, 5.41) is 3.29. The van der Waals surface area contributed by atoms with E-state index in [9.17, 15) is 13.6 Å². The van der Waals surface area contributed by atoms with Crippen LogP contribution in [0.25, 0.3) is 11.0 Å². The van der Waals surface area contributed by atoms with Crippen molar-refractivity contribution in [3.05, 3.63) is 52.8 Å². The second-order valence-corrected chi connectivity index (χ2v) is 6.80. The van der Waals surface area contributed by atoms with Crippen LogP contribution in [-0.4, -0.2) is 22.1 Å². The topological polar surface area (TPSA) is 56.1 Å². The normalized spacial score (nSPS) is 16.0. The number of amides is 1. The number of carbonyl (C=O) groups is 1. The van der Waals surface area contributed by atoms with Crippen molar-refractivity contribution in [3.8, 4) is 5.75 Å². The van der Waals surface area contributed by atoms with Crippen LogP contribution in [0.3, 0.4) is 0 Å². The molecule has 8 heteroatoms. The van der Waals surface area contributed by atoms with Gasteiger partial charge in [0.15, 0.2) is 0 Å². The molecule has 2 aromatic carbocycles. The summed E-state index contributed by atoms with van der Waals surface area (Å²) >= 11 is 6.15. The Hall–Kier alpha value is -2.67. The van der Waals surface area contributed by atoms with Crippen LogP contribution in [0, 0.1) is 0 Å². The number of imidazole rings is 1. The number of hydrogen-bond donors (Lipinski definition) is 1. The number of carbonyl (C=O) groups excluding carboxylic acids is 1. The van der Waals surface area contributed by atoms with Gasteiger partial charge in [-0.05, 0) is 36.8 Å². The molecule has 0 fully saturated rings. The number of benzene rings is 2. The third-order valence-corrected chi connectivity index (χ3v) is 4.84. The Balaban J connectivity index is 1.91. The molecule has 1 N–H and O–H groups in total. The number of hydrogen-bond acceptors (Lipinski definition) is 3. The number of rotatable bonds is 4. The van der Waals surface area contributed by atoms with Crippen LogP contribution < -0.4 is 10.1 Å². The maximum atomic E-state index is 13.0. The first-order chi connectivity index (χ1) is 12.9. The van der Waals surface area contributed by atoms with E-state index in [0.717, 1.165) is 16.9 Å². The van der Waals surface area contributed by atoms with Crippen molar-refractivity contribution in [3.63, 3.8) is 0 Å². The van der Waals surface area contributed by atoms with Gasteiger partial charge in [-0.15, -0.1) is 0 Å². The second-order valence-electron chi connectivity index (χ2n) is 6.36. The average Bonchev–Trinajstić information content (AvgIpc) is 3.13. The van der Waals surface area contributed by atoms with Crippen LogP contribution >= 0.6 is 11.6 Å². The number of nitrogens with one attached hydrogen (secondary N) is 1. The Labute approximate surface area is 158 Å². The van der Waals surface area contributed by atoms with Gasteiger partial charge >= 0.3 is 6.61 Å². The number of alkyl halides is 2. The minimum atomic E-state index is -2.97. The van der Waals surface area contributed by atoms with Crippen LogP contribution in [0.15, 0.2) is 36.4 Å². The molecule has 5 nitrogen and oxygen atoms in total. The molecular weight excluding hydrogens is 376 g/mol. The molecule has 1 aliphatic rings.